The van der Waals surface area contributed by atoms with E-state index in [1.165, 1.54) is 18.2 Å². The fraction of sp³-hybridized carbons (Fsp3) is 0.583. The van der Waals surface area contributed by atoms with Crippen molar-refractivity contribution in [2.75, 3.05) is 38.2 Å². The van der Waals surface area contributed by atoms with Gasteiger partial charge in [-0.1, -0.05) is 11.6 Å². The van der Waals surface area contributed by atoms with Crippen molar-refractivity contribution in [3.63, 3.8) is 0 Å². The van der Waals surface area contributed by atoms with Gasteiger partial charge in [-0.25, -0.2) is 13.2 Å². The van der Waals surface area contributed by atoms with Crippen LogP contribution in [0.4, 0.5) is 19.0 Å². The quantitative estimate of drug-likeness (QED) is 0.598. The van der Waals surface area contributed by atoms with E-state index < -0.39 is 12.2 Å². The van der Waals surface area contributed by atoms with Gasteiger partial charge in [0.2, 0.25) is 0 Å². The molecule has 1 saturated carbocycles. The number of alkyl halides is 2. The van der Waals surface area contributed by atoms with Crippen molar-refractivity contribution >= 4 is 17.4 Å². The molecule has 178 valence electrons. The van der Waals surface area contributed by atoms with Crippen LogP contribution in [0.5, 0.6) is 0 Å². The topological polar surface area (TPSA) is 50.3 Å². The van der Waals surface area contributed by atoms with Crippen LogP contribution in [0.2, 0.25) is 5.02 Å². The Bertz CT molecular complexity index is 974. The van der Waals surface area contributed by atoms with Gasteiger partial charge in [0, 0.05) is 50.0 Å². The van der Waals surface area contributed by atoms with Gasteiger partial charge >= 0.3 is 0 Å². The van der Waals surface area contributed by atoms with E-state index in [4.69, 9.17) is 16.3 Å². The average Bonchev–Trinajstić information content (AvgIpc) is 3.34. The highest BCUT2D eigenvalue weighted by Gasteiger charge is 2.41. The van der Waals surface area contributed by atoms with E-state index in [2.05, 4.69) is 20.4 Å². The Morgan fingerprint density at radius 3 is 2.52 bits per heavy atom. The lowest BCUT2D eigenvalue weighted by atomic mass is 10.00. The Morgan fingerprint density at radius 2 is 1.82 bits per heavy atom. The van der Waals surface area contributed by atoms with E-state index >= 15 is 0 Å². The summed E-state index contributed by atoms with van der Waals surface area (Å²) in [6.45, 7) is 5.12. The zero-order valence-corrected chi connectivity index (χ0v) is 19.1. The normalized spacial score (nSPS) is 26.2. The van der Waals surface area contributed by atoms with Crippen LogP contribution in [-0.4, -0.2) is 54.0 Å². The largest absolute Gasteiger partial charge is 0.381 e. The zero-order valence-electron chi connectivity index (χ0n) is 18.3. The highest BCUT2D eigenvalue weighted by Crippen LogP contribution is 2.40. The number of hydrogen-bond donors (Lipinski definition) is 1. The van der Waals surface area contributed by atoms with Crippen molar-refractivity contribution < 1.29 is 17.9 Å². The van der Waals surface area contributed by atoms with Gasteiger partial charge in [0.05, 0.1) is 5.02 Å². The number of benzene rings is 1. The number of halogens is 4. The third-order valence-corrected chi connectivity index (χ3v) is 7.61. The van der Waals surface area contributed by atoms with Crippen molar-refractivity contribution in [2.24, 2.45) is 17.8 Å². The number of fused-ring (bicyclic) bond motifs is 1. The number of hydrogen-bond acceptors (Lipinski definition) is 5. The molecule has 3 heterocycles. The predicted molar refractivity (Wildman–Crippen MR) is 121 cm³/mol. The lowest BCUT2D eigenvalue weighted by molar-refractivity contribution is 0.0545. The maximum Gasteiger partial charge on any atom is 0.266 e. The molecule has 9 heteroatoms. The molecule has 2 aromatic rings. The molecule has 5 rings (SSSR count). The second kappa shape index (κ2) is 9.76. The summed E-state index contributed by atoms with van der Waals surface area (Å²) in [6, 6.07) is 5.13. The van der Waals surface area contributed by atoms with E-state index in [-0.39, 0.29) is 27.9 Å². The van der Waals surface area contributed by atoms with Gasteiger partial charge < -0.3 is 15.0 Å². The fourth-order valence-corrected chi connectivity index (χ4v) is 5.91. The van der Waals surface area contributed by atoms with E-state index in [0.717, 1.165) is 70.5 Å². The fourth-order valence-electron chi connectivity index (χ4n) is 5.70. The molecule has 0 unspecified atom stereocenters. The van der Waals surface area contributed by atoms with Crippen LogP contribution in [0.1, 0.15) is 37.7 Å². The monoisotopic (exact) mass is 480 g/mol. The summed E-state index contributed by atoms with van der Waals surface area (Å²) in [5.74, 6) is 1.73. The highest BCUT2D eigenvalue weighted by atomic mass is 35.5. The van der Waals surface area contributed by atoms with Gasteiger partial charge in [0.1, 0.15) is 17.3 Å². The molecule has 0 amide bonds. The van der Waals surface area contributed by atoms with Crippen LogP contribution < -0.4 is 5.32 Å². The second-order valence-corrected chi connectivity index (χ2v) is 9.97. The first kappa shape index (κ1) is 22.9. The van der Waals surface area contributed by atoms with Crippen molar-refractivity contribution in [1.29, 1.82) is 0 Å². The minimum Gasteiger partial charge on any atom is -0.381 e. The zero-order chi connectivity index (χ0) is 22.9. The van der Waals surface area contributed by atoms with Gasteiger partial charge in [-0.2, -0.15) is 0 Å². The lowest BCUT2D eigenvalue weighted by Crippen LogP contribution is -2.32. The molecule has 33 heavy (non-hydrogen) atoms. The minimum absolute atomic E-state index is 0.0907. The number of nitrogens with zero attached hydrogens (tertiary/aromatic N) is 3. The number of aromatic nitrogens is 2. The summed E-state index contributed by atoms with van der Waals surface area (Å²) in [7, 11) is 0. The molecule has 0 spiro atoms. The highest BCUT2D eigenvalue weighted by molar-refractivity contribution is 6.33. The van der Waals surface area contributed by atoms with Gasteiger partial charge in [0.25, 0.3) is 6.43 Å². The molecule has 0 radical (unpaired) electrons. The van der Waals surface area contributed by atoms with Crippen LogP contribution in [-0.2, 0) is 4.74 Å². The maximum absolute atomic E-state index is 13.8. The number of likely N-dealkylation sites (tertiary alicyclic amines) is 1. The number of nitrogens with one attached hydrogen (secondary N) is 1. The predicted octanol–water partition coefficient (Wildman–Crippen LogP) is 5.42. The van der Waals surface area contributed by atoms with Crippen molar-refractivity contribution in [1.82, 2.24) is 15.1 Å². The molecule has 1 aliphatic carbocycles. The first-order valence-electron chi connectivity index (χ1n) is 11.6. The van der Waals surface area contributed by atoms with Crippen LogP contribution >= 0.6 is 11.6 Å². The second-order valence-electron chi connectivity index (χ2n) is 9.57. The molecule has 1 aromatic heterocycles. The van der Waals surface area contributed by atoms with Crippen LogP contribution in [0, 0.1) is 23.6 Å². The molecule has 0 bridgehead atoms. The number of anilines is 1. The minimum atomic E-state index is -2.78. The van der Waals surface area contributed by atoms with E-state index in [0.29, 0.717) is 17.7 Å². The van der Waals surface area contributed by atoms with Crippen molar-refractivity contribution in [2.45, 2.75) is 38.2 Å². The third kappa shape index (κ3) is 5.12. The number of ether oxygens (including phenoxy) is 1. The molecule has 2 saturated heterocycles. The van der Waals surface area contributed by atoms with Crippen LogP contribution in [0.3, 0.4) is 0 Å². The van der Waals surface area contributed by atoms with Crippen LogP contribution in [0.15, 0.2) is 24.3 Å². The summed E-state index contributed by atoms with van der Waals surface area (Å²) in [5.41, 5.74) is -0.279. The summed E-state index contributed by atoms with van der Waals surface area (Å²) in [5, 5.41) is 11.6. The van der Waals surface area contributed by atoms with E-state index in [1.807, 2.05) is 0 Å². The Balaban J connectivity index is 1.23. The summed E-state index contributed by atoms with van der Waals surface area (Å²) in [6.07, 6.45) is 1.52. The van der Waals surface area contributed by atoms with E-state index in [9.17, 15) is 13.2 Å². The molecule has 5 nitrogen and oxygen atoms in total. The Kier molecular flexibility index (Phi) is 6.77. The molecule has 2 aliphatic heterocycles. The SMILES string of the molecule is Fc1ccc(Cl)c(-c2nnc(N[C@H]3C[C@@H]4CN(CC5CCOCC5)C[C@@H]4C3)cc2C(F)F)c1. The third-order valence-electron chi connectivity index (χ3n) is 7.28. The van der Waals surface area contributed by atoms with Crippen LogP contribution in [0.25, 0.3) is 11.3 Å². The molecular formula is C24H28ClF3N4O. The summed E-state index contributed by atoms with van der Waals surface area (Å²) < 4.78 is 46.8. The molecular weight excluding hydrogens is 453 g/mol. The average molecular weight is 481 g/mol. The van der Waals surface area contributed by atoms with Crippen molar-refractivity contribution in [3.05, 3.63) is 40.7 Å². The van der Waals surface area contributed by atoms with E-state index in [1.54, 1.807) is 0 Å². The maximum atomic E-state index is 13.8. The summed E-state index contributed by atoms with van der Waals surface area (Å²) in [4.78, 5) is 2.59. The molecule has 1 N–H and O–H groups in total. The Hall–Kier alpha value is -1.90. The first-order chi connectivity index (χ1) is 16.0. The smallest absolute Gasteiger partial charge is 0.266 e. The Labute approximate surface area is 196 Å². The lowest BCUT2D eigenvalue weighted by Gasteiger charge is -2.27. The standard InChI is InChI=1S/C24H28ClF3N4O/c25-21-2-1-17(26)9-19(21)23-20(24(27)28)10-22(30-31-23)29-18-7-15-12-32(13-16(15)8-18)11-14-3-5-33-6-4-14/h1-2,9-10,14-16,18,24H,3-8,11-13H2,(H,29,30)/t15-,16+,18+. The van der Waals surface area contributed by atoms with Gasteiger partial charge in [-0.3, -0.25) is 0 Å². The summed E-state index contributed by atoms with van der Waals surface area (Å²) >= 11 is 6.11. The van der Waals surface area contributed by atoms with Gasteiger partial charge in [-0.05, 0) is 67.7 Å². The first-order valence-corrected chi connectivity index (χ1v) is 12.0. The van der Waals surface area contributed by atoms with Crippen molar-refractivity contribution in [3.8, 4) is 11.3 Å². The molecule has 1 aromatic carbocycles. The molecule has 3 atom stereocenters. The van der Waals surface area contributed by atoms with Gasteiger partial charge in [0.15, 0.2) is 0 Å². The van der Waals surface area contributed by atoms with Gasteiger partial charge in [-0.15, -0.1) is 10.2 Å². The molecule has 3 aliphatic rings. The Morgan fingerprint density at radius 1 is 1.09 bits per heavy atom. The number of rotatable bonds is 6. The molecule has 3 fully saturated rings.